The molecule has 0 aromatic carbocycles. The van der Waals surface area contributed by atoms with E-state index < -0.39 is 0 Å². The molecule has 1 fully saturated rings. The topological polar surface area (TPSA) is 42.3 Å². The van der Waals surface area contributed by atoms with Crippen LogP contribution in [0.4, 0.5) is 5.82 Å². The molecule has 92 valence electrons. The molecule has 0 amide bonds. The van der Waals surface area contributed by atoms with Crippen LogP contribution in [0.3, 0.4) is 0 Å². The second-order valence-corrected chi connectivity index (χ2v) is 4.64. The highest BCUT2D eigenvalue weighted by atomic mass is 35.5. The lowest BCUT2D eigenvalue weighted by atomic mass is 10.1. The molecule has 1 saturated heterocycles. The molecule has 4 nitrogen and oxygen atoms in total. The molecule has 5 heteroatoms. The van der Waals surface area contributed by atoms with Crippen LogP contribution in [0.2, 0.25) is 5.15 Å². The van der Waals surface area contributed by atoms with E-state index in [1.165, 1.54) is 6.42 Å². The Hall–Kier alpha value is -1.29. The molecule has 0 saturated carbocycles. The third-order valence-corrected chi connectivity index (χ3v) is 3.71. The number of aldehydes is 2. The lowest BCUT2D eigenvalue weighted by Gasteiger charge is -2.29. The van der Waals surface area contributed by atoms with Crippen LogP contribution in [0.5, 0.6) is 0 Å². The summed E-state index contributed by atoms with van der Waals surface area (Å²) in [6.45, 7) is 1.82. The first-order chi connectivity index (χ1) is 8.20. The molecule has 0 N–H and O–H groups in total. The van der Waals surface area contributed by atoms with Crippen LogP contribution in [-0.2, 0) is 7.05 Å². The first-order valence-corrected chi connectivity index (χ1v) is 6.12. The zero-order valence-electron chi connectivity index (χ0n) is 9.78. The third kappa shape index (κ3) is 1.97. The fourth-order valence-electron chi connectivity index (χ4n) is 2.40. The molecule has 0 spiro atoms. The second-order valence-electron chi connectivity index (χ2n) is 4.28. The van der Waals surface area contributed by atoms with E-state index in [4.69, 9.17) is 11.6 Å². The van der Waals surface area contributed by atoms with Gasteiger partial charge < -0.3 is 9.47 Å². The minimum atomic E-state index is 0.296. The lowest BCUT2D eigenvalue weighted by molar-refractivity contribution is 0.109. The van der Waals surface area contributed by atoms with Crippen molar-refractivity contribution in [3.63, 3.8) is 0 Å². The normalized spacial score (nSPS) is 16.0. The molecule has 2 rings (SSSR count). The van der Waals surface area contributed by atoms with Gasteiger partial charge in [0.1, 0.15) is 11.0 Å². The smallest absolute Gasteiger partial charge is 0.154 e. The fraction of sp³-hybridized carbons (Fsp3) is 0.500. The number of hydrogen-bond acceptors (Lipinski definition) is 3. The Kier molecular flexibility index (Phi) is 3.52. The molecule has 2 heterocycles. The van der Waals surface area contributed by atoms with Gasteiger partial charge in [-0.25, -0.2) is 0 Å². The second kappa shape index (κ2) is 4.92. The molecule has 0 radical (unpaired) electrons. The van der Waals surface area contributed by atoms with Gasteiger partial charge in [0.25, 0.3) is 0 Å². The summed E-state index contributed by atoms with van der Waals surface area (Å²) in [6, 6.07) is 0. The summed E-state index contributed by atoms with van der Waals surface area (Å²) in [5.41, 5.74) is 0.708. The van der Waals surface area contributed by atoms with Crippen LogP contribution in [0, 0.1) is 0 Å². The van der Waals surface area contributed by atoms with Crippen molar-refractivity contribution in [3.05, 3.63) is 16.3 Å². The van der Waals surface area contributed by atoms with Gasteiger partial charge >= 0.3 is 0 Å². The summed E-state index contributed by atoms with van der Waals surface area (Å²) in [4.78, 5) is 24.3. The minimum Gasteiger partial charge on any atom is -0.357 e. The molecular weight excluding hydrogens is 240 g/mol. The van der Waals surface area contributed by atoms with Crippen molar-refractivity contribution in [2.45, 2.75) is 19.3 Å². The van der Waals surface area contributed by atoms with Gasteiger partial charge in [0, 0.05) is 20.1 Å². The summed E-state index contributed by atoms with van der Waals surface area (Å²) in [6.07, 6.45) is 4.81. The van der Waals surface area contributed by atoms with E-state index in [2.05, 4.69) is 4.90 Å². The van der Waals surface area contributed by atoms with E-state index in [1.54, 1.807) is 11.6 Å². The van der Waals surface area contributed by atoms with Crippen molar-refractivity contribution < 1.29 is 9.59 Å². The van der Waals surface area contributed by atoms with Gasteiger partial charge in [0.05, 0.1) is 11.1 Å². The fourth-order valence-corrected chi connectivity index (χ4v) is 2.63. The molecule has 1 aromatic rings. The van der Waals surface area contributed by atoms with Crippen molar-refractivity contribution in [1.82, 2.24) is 4.57 Å². The van der Waals surface area contributed by atoms with Crippen LogP contribution in [0.1, 0.15) is 40.0 Å². The van der Waals surface area contributed by atoms with Crippen molar-refractivity contribution >= 4 is 30.0 Å². The van der Waals surface area contributed by atoms with Crippen molar-refractivity contribution in [3.8, 4) is 0 Å². The number of carbonyl (C=O) groups is 2. The standard InChI is InChI=1S/C12H15ClN2O2/c1-14-11(13)9(7-16)10(8-17)12(14)15-5-3-2-4-6-15/h7-8H,2-6H2,1H3. The first-order valence-electron chi connectivity index (χ1n) is 5.74. The van der Waals surface area contributed by atoms with Gasteiger partial charge in [-0.2, -0.15) is 0 Å². The molecule has 0 unspecified atom stereocenters. The number of carbonyl (C=O) groups excluding carboxylic acids is 2. The van der Waals surface area contributed by atoms with Crippen molar-refractivity contribution in [2.24, 2.45) is 7.05 Å². The van der Waals surface area contributed by atoms with Crippen molar-refractivity contribution in [2.75, 3.05) is 18.0 Å². The van der Waals surface area contributed by atoms with Crippen molar-refractivity contribution in [1.29, 1.82) is 0 Å². The molecule has 1 aromatic heterocycles. The van der Waals surface area contributed by atoms with E-state index >= 15 is 0 Å². The summed E-state index contributed by atoms with van der Waals surface area (Å²) in [7, 11) is 1.78. The van der Waals surface area contributed by atoms with Crippen LogP contribution >= 0.6 is 11.6 Å². The van der Waals surface area contributed by atoms with E-state index in [1.807, 2.05) is 0 Å². The van der Waals surface area contributed by atoms with Crippen LogP contribution in [0.15, 0.2) is 0 Å². The highest BCUT2D eigenvalue weighted by Gasteiger charge is 2.24. The maximum Gasteiger partial charge on any atom is 0.154 e. The van der Waals surface area contributed by atoms with Crippen LogP contribution < -0.4 is 4.90 Å². The Bertz CT molecular complexity index is 448. The zero-order valence-corrected chi connectivity index (χ0v) is 10.5. The largest absolute Gasteiger partial charge is 0.357 e. The van der Waals surface area contributed by atoms with Crippen LogP contribution in [-0.4, -0.2) is 30.2 Å². The Balaban J connectivity index is 2.51. The number of aromatic nitrogens is 1. The summed E-state index contributed by atoms with van der Waals surface area (Å²) in [5, 5.41) is 0.336. The number of rotatable bonds is 3. The SMILES string of the molecule is Cn1c(Cl)c(C=O)c(C=O)c1N1CCCCC1. The van der Waals surface area contributed by atoms with Gasteiger partial charge in [0.2, 0.25) is 0 Å². The van der Waals surface area contributed by atoms with Gasteiger partial charge in [-0.3, -0.25) is 9.59 Å². The van der Waals surface area contributed by atoms with E-state index in [0.717, 1.165) is 38.0 Å². The third-order valence-electron chi connectivity index (χ3n) is 3.26. The molecule has 0 atom stereocenters. The number of hydrogen-bond donors (Lipinski definition) is 0. The Morgan fingerprint density at radius 3 is 2.18 bits per heavy atom. The Labute approximate surface area is 105 Å². The van der Waals surface area contributed by atoms with Gasteiger partial charge in [-0.1, -0.05) is 11.6 Å². The predicted molar refractivity (Wildman–Crippen MR) is 67.3 cm³/mol. The Morgan fingerprint density at radius 2 is 1.65 bits per heavy atom. The summed E-state index contributed by atoms with van der Waals surface area (Å²) in [5.74, 6) is 0.770. The highest BCUT2D eigenvalue weighted by molar-refractivity contribution is 6.33. The zero-order chi connectivity index (χ0) is 12.4. The quantitative estimate of drug-likeness (QED) is 0.778. The molecule has 0 bridgehead atoms. The maximum absolute atomic E-state index is 11.2. The van der Waals surface area contributed by atoms with Gasteiger partial charge in [-0.15, -0.1) is 0 Å². The maximum atomic E-state index is 11.2. The minimum absolute atomic E-state index is 0.296. The number of anilines is 1. The van der Waals surface area contributed by atoms with E-state index in [0.29, 0.717) is 22.6 Å². The average Bonchev–Trinajstić information content (AvgIpc) is 2.62. The average molecular weight is 255 g/mol. The summed E-state index contributed by atoms with van der Waals surface area (Å²) >= 11 is 6.06. The molecule has 1 aliphatic heterocycles. The molecular formula is C12H15ClN2O2. The number of halogens is 1. The first kappa shape index (κ1) is 12.2. The van der Waals surface area contributed by atoms with Crippen LogP contribution in [0.25, 0.3) is 0 Å². The lowest BCUT2D eigenvalue weighted by Crippen LogP contribution is -2.31. The number of piperidine rings is 1. The highest BCUT2D eigenvalue weighted by Crippen LogP contribution is 2.32. The molecule has 1 aliphatic rings. The predicted octanol–water partition coefficient (Wildman–Crippen LogP) is 2.29. The van der Waals surface area contributed by atoms with E-state index in [9.17, 15) is 9.59 Å². The molecule has 17 heavy (non-hydrogen) atoms. The molecule has 0 aliphatic carbocycles. The monoisotopic (exact) mass is 254 g/mol. The number of nitrogens with zero attached hydrogens (tertiary/aromatic N) is 2. The van der Waals surface area contributed by atoms with E-state index in [-0.39, 0.29) is 0 Å². The Morgan fingerprint density at radius 1 is 1.06 bits per heavy atom. The van der Waals surface area contributed by atoms with Gasteiger partial charge in [0.15, 0.2) is 12.6 Å². The van der Waals surface area contributed by atoms with Gasteiger partial charge in [-0.05, 0) is 19.3 Å². The summed E-state index contributed by atoms with van der Waals surface area (Å²) < 4.78 is 1.72.